The van der Waals surface area contributed by atoms with E-state index < -0.39 is 5.60 Å². The van der Waals surface area contributed by atoms with Gasteiger partial charge in [-0.1, -0.05) is 13.3 Å². The summed E-state index contributed by atoms with van der Waals surface area (Å²) in [4.78, 5) is 14.5. The average molecular weight is 353 g/mol. The van der Waals surface area contributed by atoms with Gasteiger partial charge in [-0.25, -0.2) is 4.79 Å². The van der Waals surface area contributed by atoms with Crippen LogP contribution in [0.2, 0.25) is 0 Å². The Morgan fingerprint density at radius 3 is 2.44 bits per heavy atom. The largest absolute Gasteiger partial charge is 0.444 e. The lowest BCUT2D eigenvalue weighted by Gasteiger charge is -2.39. The van der Waals surface area contributed by atoms with Gasteiger partial charge in [-0.2, -0.15) is 0 Å². The second-order valence-corrected chi connectivity index (χ2v) is 9.25. The number of hydrogen-bond donors (Lipinski definition) is 1. The van der Waals surface area contributed by atoms with Crippen LogP contribution in [0.1, 0.15) is 92.4 Å². The molecule has 2 fully saturated rings. The molecule has 1 saturated heterocycles. The van der Waals surface area contributed by atoms with Crippen molar-refractivity contribution < 1.29 is 9.53 Å². The van der Waals surface area contributed by atoms with Gasteiger partial charge in [0.05, 0.1) is 0 Å². The van der Waals surface area contributed by atoms with Crippen LogP contribution in [0.5, 0.6) is 0 Å². The maximum absolute atomic E-state index is 12.5. The lowest BCUT2D eigenvalue weighted by atomic mass is 9.84. The molecule has 0 bridgehead atoms. The van der Waals surface area contributed by atoms with Gasteiger partial charge < -0.3 is 15.0 Å². The van der Waals surface area contributed by atoms with Crippen molar-refractivity contribution in [2.45, 2.75) is 116 Å². The van der Waals surface area contributed by atoms with Crippen molar-refractivity contribution in [2.24, 2.45) is 5.92 Å². The molecule has 2 atom stereocenters. The Morgan fingerprint density at radius 2 is 1.84 bits per heavy atom. The minimum atomic E-state index is -0.416. The van der Waals surface area contributed by atoms with E-state index in [2.05, 4.69) is 19.2 Å². The van der Waals surface area contributed by atoms with Crippen LogP contribution in [-0.4, -0.2) is 41.3 Å². The van der Waals surface area contributed by atoms with Crippen LogP contribution in [0.3, 0.4) is 0 Å². The molecule has 4 nitrogen and oxygen atoms in total. The van der Waals surface area contributed by atoms with E-state index in [0.29, 0.717) is 18.1 Å². The van der Waals surface area contributed by atoms with Gasteiger partial charge in [0.15, 0.2) is 0 Å². The summed E-state index contributed by atoms with van der Waals surface area (Å²) in [6.45, 7) is 11.3. The van der Waals surface area contributed by atoms with Gasteiger partial charge in [0.25, 0.3) is 0 Å². The Hall–Kier alpha value is -0.770. The number of nitrogens with one attached hydrogen (secondary N) is 1. The minimum Gasteiger partial charge on any atom is -0.444 e. The highest BCUT2D eigenvalue weighted by atomic mass is 16.6. The number of carbonyl (C=O) groups is 1. The molecule has 0 spiro atoms. The third-order valence-corrected chi connectivity index (χ3v) is 5.83. The molecule has 2 rings (SSSR count). The summed E-state index contributed by atoms with van der Waals surface area (Å²) in [5, 5.41) is 3.84. The predicted molar refractivity (Wildman–Crippen MR) is 104 cm³/mol. The van der Waals surface area contributed by atoms with Gasteiger partial charge in [0, 0.05) is 24.7 Å². The quantitative estimate of drug-likeness (QED) is 0.747. The zero-order valence-electron chi connectivity index (χ0n) is 17.1. The molecule has 146 valence electrons. The topological polar surface area (TPSA) is 41.6 Å². The fourth-order valence-electron chi connectivity index (χ4n) is 4.42. The summed E-state index contributed by atoms with van der Waals surface area (Å²) in [5.74, 6) is 0.939. The average Bonchev–Trinajstić information content (AvgIpc) is 2.54. The molecule has 4 heteroatoms. The number of carbonyl (C=O) groups excluding carboxylic acids is 1. The normalized spacial score (nSPS) is 29.3. The van der Waals surface area contributed by atoms with Gasteiger partial charge >= 0.3 is 6.09 Å². The second-order valence-electron chi connectivity index (χ2n) is 9.25. The maximum Gasteiger partial charge on any atom is 0.410 e. The van der Waals surface area contributed by atoms with E-state index >= 15 is 0 Å². The Kier molecular flexibility index (Phi) is 7.60. The van der Waals surface area contributed by atoms with E-state index in [1.807, 2.05) is 25.7 Å². The second kappa shape index (κ2) is 9.25. The first kappa shape index (κ1) is 20.5. The van der Waals surface area contributed by atoms with Crippen LogP contribution in [-0.2, 0) is 4.74 Å². The first-order valence-corrected chi connectivity index (χ1v) is 10.5. The van der Waals surface area contributed by atoms with E-state index in [1.54, 1.807) is 0 Å². The van der Waals surface area contributed by atoms with E-state index in [1.165, 1.54) is 38.5 Å². The van der Waals surface area contributed by atoms with E-state index in [4.69, 9.17) is 4.74 Å². The number of hydrogen-bond acceptors (Lipinski definition) is 3. The van der Waals surface area contributed by atoms with Crippen LogP contribution in [0.4, 0.5) is 4.79 Å². The molecule has 25 heavy (non-hydrogen) atoms. The minimum absolute atomic E-state index is 0.132. The first-order chi connectivity index (χ1) is 11.8. The molecule has 1 amide bonds. The molecule has 2 unspecified atom stereocenters. The molecule has 1 aliphatic carbocycles. The summed E-state index contributed by atoms with van der Waals surface area (Å²) in [6.07, 6.45) is 11.0. The molecule has 1 aliphatic heterocycles. The molecule has 1 N–H and O–H groups in total. The highest BCUT2D eigenvalue weighted by Crippen LogP contribution is 2.28. The summed E-state index contributed by atoms with van der Waals surface area (Å²) in [7, 11) is 0. The Balaban J connectivity index is 1.82. The van der Waals surface area contributed by atoms with Crippen molar-refractivity contribution in [3.63, 3.8) is 0 Å². The zero-order chi connectivity index (χ0) is 18.4. The highest BCUT2D eigenvalue weighted by molar-refractivity contribution is 5.68. The summed E-state index contributed by atoms with van der Waals surface area (Å²) in [5.41, 5.74) is -0.416. The molecular weight excluding hydrogens is 312 g/mol. The van der Waals surface area contributed by atoms with E-state index in [-0.39, 0.29) is 6.09 Å². The monoisotopic (exact) mass is 352 g/mol. The van der Waals surface area contributed by atoms with E-state index in [9.17, 15) is 4.79 Å². The van der Waals surface area contributed by atoms with Crippen molar-refractivity contribution in [1.82, 2.24) is 10.2 Å². The standard InChI is InChI=1S/C21H40N2O2/c1-6-17-10-12-18(13-11-17)22-16(2)15-19-9-7-8-14-23(19)20(24)25-21(3,4)5/h16-19,22H,6-15H2,1-5H3. The number of nitrogens with zero attached hydrogens (tertiary/aromatic N) is 1. The summed E-state index contributed by atoms with van der Waals surface area (Å²) >= 11 is 0. The van der Waals surface area contributed by atoms with Crippen molar-refractivity contribution in [3.8, 4) is 0 Å². The van der Waals surface area contributed by atoms with Crippen molar-refractivity contribution in [1.29, 1.82) is 0 Å². The van der Waals surface area contributed by atoms with Gasteiger partial charge in [0.2, 0.25) is 0 Å². The third kappa shape index (κ3) is 6.80. The first-order valence-electron chi connectivity index (χ1n) is 10.5. The van der Waals surface area contributed by atoms with Gasteiger partial charge in [-0.05, 0) is 85.0 Å². The van der Waals surface area contributed by atoms with Gasteiger partial charge in [-0.3, -0.25) is 0 Å². The highest BCUT2D eigenvalue weighted by Gasteiger charge is 2.32. The third-order valence-electron chi connectivity index (χ3n) is 5.83. The molecular formula is C21H40N2O2. The molecule has 0 aromatic heterocycles. The summed E-state index contributed by atoms with van der Waals surface area (Å²) in [6, 6.07) is 1.44. The lowest BCUT2D eigenvalue weighted by Crippen LogP contribution is -2.49. The predicted octanol–water partition coefficient (Wildman–Crippen LogP) is 5.11. The number of ether oxygens (including phenoxy) is 1. The molecule has 0 radical (unpaired) electrons. The summed E-state index contributed by atoms with van der Waals surface area (Å²) < 4.78 is 5.63. The van der Waals surface area contributed by atoms with Crippen molar-refractivity contribution in [2.75, 3.05) is 6.54 Å². The van der Waals surface area contributed by atoms with Crippen LogP contribution in [0.15, 0.2) is 0 Å². The lowest BCUT2D eigenvalue weighted by molar-refractivity contribution is 0.00769. The van der Waals surface area contributed by atoms with Gasteiger partial charge in [0.1, 0.15) is 5.60 Å². The zero-order valence-corrected chi connectivity index (χ0v) is 17.1. The van der Waals surface area contributed by atoms with Crippen LogP contribution >= 0.6 is 0 Å². The molecule has 1 saturated carbocycles. The van der Waals surface area contributed by atoms with Crippen molar-refractivity contribution >= 4 is 6.09 Å². The van der Waals surface area contributed by atoms with Crippen LogP contribution in [0.25, 0.3) is 0 Å². The molecule has 1 heterocycles. The van der Waals surface area contributed by atoms with Gasteiger partial charge in [-0.15, -0.1) is 0 Å². The Bertz CT molecular complexity index is 411. The smallest absolute Gasteiger partial charge is 0.410 e. The Morgan fingerprint density at radius 1 is 1.16 bits per heavy atom. The number of amides is 1. The number of rotatable bonds is 5. The molecule has 2 aliphatic rings. The number of likely N-dealkylation sites (tertiary alicyclic amines) is 1. The van der Waals surface area contributed by atoms with E-state index in [0.717, 1.165) is 31.7 Å². The van der Waals surface area contributed by atoms with Crippen LogP contribution in [0, 0.1) is 5.92 Å². The number of piperidine rings is 1. The molecule has 0 aromatic carbocycles. The fraction of sp³-hybridized carbons (Fsp3) is 0.952. The molecule has 0 aromatic rings. The van der Waals surface area contributed by atoms with Crippen molar-refractivity contribution in [3.05, 3.63) is 0 Å². The Labute approximate surface area is 155 Å². The van der Waals surface area contributed by atoms with Crippen LogP contribution < -0.4 is 5.32 Å². The fourth-order valence-corrected chi connectivity index (χ4v) is 4.42. The maximum atomic E-state index is 12.5. The SMILES string of the molecule is CCC1CCC(NC(C)CC2CCCCN2C(=O)OC(C)(C)C)CC1.